The summed E-state index contributed by atoms with van der Waals surface area (Å²) in [6.07, 6.45) is 1.29. The zero-order valence-electron chi connectivity index (χ0n) is 4.81. The molecule has 6 nitrogen and oxygen atoms in total. The van der Waals surface area contributed by atoms with Gasteiger partial charge in [-0.15, -0.1) is 0 Å². The molecule has 0 bridgehead atoms. The lowest BCUT2D eigenvalue weighted by Gasteiger charge is -1.77. The summed E-state index contributed by atoms with van der Waals surface area (Å²) in [6.45, 7) is 0. The maximum Gasteiger partial charge on any atom is 0.168 e. The smallest absolute Gasteiger partial charge is 0.168 e. The third kappa shape index (κ3) is 0.891. The van der Waals surface area contributed by atoms with E-state index in [4.69, 9.17) is 10.8 Å². The standard InChI is InChI=1S/C4H2N6/c5-1-3-4(9-10-6)8-2-7-3/h2H,(H,7,8). The van der Waals surface area contributed by atoms with Gasteiger partial charge in [0, 0.05) is 4.91 Å². The first-order valence-corrected chi connectivity index (χ1v) is 2.37. The molecule has 0 aliphatic rings. The van der Waals surface area contributed by atoms with Crippen molar-refractivity contribution in [3.63, 3.8) is 0 Å². The van der Waals surface area contributed by atoms with E-state index in [1.165, 1.54) is 6.33 Å². The van der Waals surface area contributed by atoms with Crippen molar-refractivity contribution in [2.24, 2.45) is 5.11 Å². The molecule has 6 heteroatoms. The number of nitrogens with one attached hydrogen (secondary N) is 1. The minimum Gasteiger partial charge on any atom is -0.342 e. The molecule has 1 heterocycles. The number of aromatic amines is 1. The van der Waals surface area contributed by atoms with Crippen molar-refractivity contribution in [2.75, 3.05) is 0 Å². The molecule has 0 saturated carbocycles. The van der Waals surface area contributed by atoms with E-state index in [0.29, 0.717) is 0 Å². The van der Waals surface area contributed by atoms with E-state index in [0.717, 1.165) is 0 Å². The number of nitrogens with zero attached hydrogens (tertiary/aromatic N) is 5. The van der Waals surface area contributed by atoms with Crippen LogP contribution in [-0.4, -0.2) is 9.97 Å². The molecule has 0 saturated heterocycles. The van der Waals surface area contributed by atoms with E-state index in [2.05, 4.69) is 20.0 Å². The van der Waals surface area contributed by atoms with Crippen molar-refractivity contribution < 1.29 is 0 Å². The van der Waals surface area contributed by atoms with Crippen molar-refractivity contribution in [1.29, 1.82) is 5.26 Å². The summed E-state index contributed by atoms with van der Waals surface area (Å²) in [5, 5.41) is 11.5. The zero-order chi connectivity index (χ0) is 7.40. The third-order valence-electron chi connectivity index (χ3n) is 0.870. The Morgan fingerprint density at radius 2 is 2.70 bits per heavy atom. The molecular formula is C4H2N6. The average Bonchev–Trinajstić information content (AvgIpc) is 2.36. The van der Waals surface area contributed by atoms with Gasteiger partial charge < -0.3 is 4.98 Å². The number of hydrogen-bond donors (Lipinski definition) is 1. The fraction of sp³-hybridized carbons (Fsp3) is 0. The van der Waals surface area contributed by atoms with Crippen molar-refractivity contribution >= 4 is 5.82 Å². The molecule has 48 valence electrons. The van der Waals surface area contributed by atoms with E-state index in [-0.39, 0.29) is 11.5 Å². The molecular weight excluding hydrogens is 132 g/mol. The summed E-state index contributed by atoms with van der Waals surface area (Å²) in [6, 6.07) is 1.75. The maximum absolute atomic E-state index is 8.32. The number of aromatic nitrogens is 2. The molecule has 1 aromatic heterocycles. The van der Waals surface area contributed by atoms with E-state index < -0.39 is 0 Å². The molecule has 0 aromatic carbocycles. The van der Waals surface area contributed by atoms with Gasteiger partial charge in [0.25, 0.3) is 0 Å². The number of azide groups is 1. The number of hydrogen-bond acceptors (Lipinski definition) is 3. The Hall–Kier alpha value is -1.99. The zero-order valence-corrected chi connectivity index (χ0v) is 4.81. The van der Waals surface area contributed by atoms with E-state index in [9.17, 15) is 0 Å². The van der Waals surface area contributed by atoms with Gasteiger partial charge in [0.2, 0.25) is 0 Å². The van der Waals surface area contributed by atoms with Crippen LogP contribution in [0.3, 0.4) is 0 Å². The van der Waals surface area contributed by atoms with Crippen LogP contribution >= 0.6 is 0 Å². The SMILES string of the molecule is N#Cc1nc[nH]c1N=[N+]=[N-]. The Morgan fingerprint density at radius 3 is 3.30 bits per heavy atom. The Labute approximate surface area is 55.8 Å². The molecule has 1 N–H and O–H groups in total. The molecule has 0 fully saturated rings. The predicted molar refractivity (Wildman–Crippen MR) is 32.1 cm³/mol. The quantitative estimate of drug-likeness (QED) is 0.354. The highest BCUT2D eigenvalue weighted by atomic mass is 15.2. The van der Waals surface area contributed by atoms with Gasteiger partial charge in [-0.25, -0.2) is 4.98 Å². The minimum atomic E-state index is 0.109. The summed E-state index contributed by atoms with van der Waals surface area (Å²) >= 11 is 0. The van der Waals surface area contributed by atoms with Gasteiger partial charge in [-0.3, -0.25) is 0 Å². The largest absolute Gasteiger partial charge is 0.342 e. The van der Waals surface area contributed by atoms with Crippen molar-refractivity contribution in [3.8, 4) is 6.07 Å². The Bertz CT molecular complexity index is 311. The van der Waals surface area contributed by atoms with Crippen LogP contribution in [0.5, 0.6) is 0 Å². The molecule has 0 aliphatic heterocycles. The molecule has 1 rings (SSSR count). The highest BCUT2D eigenvalue weighted by molar-refractivity contribution is 5.41. The monoisotopic (exact) mass is 134 g/mol. The first-order chi connectivity index (χ1) is 4.88. The topological polar surface area (TPSA) is 101 Å². The van der Waals surface area contributed by atoms with Crippen LogP contribution in [0.15, 0.2) is 11.4 Å². The maximum atomic E-state index is 8.32. The number of imidazole rings is 1. The lowest BCUT2D eigenvalue weighted by atomic mass is 10.5. The summed E-state index contributed by atoms with van der Waals surface area (Å²) in [4.78, 5) is 8.56. The molecule has 0 aliphatic carbocycles. The van der Waals surface area contributed by atoms with Gasteiger partial charge in [-0.1, -0.05) is 0 Å². The van der Waals surface area contributed by atoms with Gasteiger partial charge in [-0.05, 0) is 10.6 Å². The lowest BCUT2D eigenvalue weighted by Crippen LogP contribution is -1.69. The van der Waals surface area contributed by atoms with Crippen LogP contribution in [0.1, 0.15) is 5.69 Å². The molecule has 0 radical (unpaired) electrons. The Morgan fingerprint density at radius 1 is 1.90 bits per heavy atom. The van der Waals surface area contributed by atoms with Crippen molar-refractivity contribution in [1.82, 2.24) is 9.97 Å². The number of H-pyrrole nitrogens is 1. The number of rotatable bonds is 1. The second-order valence-electron chi connectivity index (χ2n) is 1.40. The first-order valence-electron chi connectivity index (χ1n) is 2.37. The van der Waals surface area contributed by atoms with E-state index >= 15 is 0 Å². The van der Waals surface area contributed by atoms with Gasteiger partial charge in [-0.2, -0.15) is 5.26 Å². The lowest BCUT2D eigenvalue weighted by molar-refractivity contribution is 1.29. The second-order valence-corrected chi connectivity index (χ2v) is 1.40. The molecule has 0 spiro atoms. The highest BCUT2D eigenvalue weighted by Crippen LogP contribution is 2.10. The summed E-state index contributed by atoms with van der Waals surface area (Å²) in [7, 11) is 0. The van der Waals surface area contributed by atoms with Crippen molar-refractivity contribution in [2.45, 2.75) is 0 Å². The van der Waals surface area contributed by atoms with Gasteiger partial charge >= 0.3 is 0 Å². The first kappa shape index (κ1) is 6.13. The van der Waals surface area contributed by atoms with Crippen LogP contribution in [0.2, 0.25) is 0 Å². The minimum absolute atomic E-state index is 0.109. The third-order valence-corrected chi connectivity index (χ3v) is 0.870. The average molecular weight is 134 g/mol. The van der Waals surface area contributed by atoms with Gasteiger partial charge in [0.15, 0.2) is 5.69 Å². The fourth-order valence-electron chi connectivity index (χ4n) is 0.490. The predicted octanol–water partition coefficient (Wildman–Crippen LogP) is 1.22. The van der Waals surface area contributed by atoms with Crippen LogP contribution in [-0.2, 0) is 0 Å². The fourth-order valence-corrected chi connectivity index (χ4v) is 0.490. The second kappa shape index (κ2) is 2.53. The van der Waals surface area contributed by atoms with E-state index in [1.54, 1.807) is 6.07 Å². The molecule has 0 amide bonds. The highest BCUT2D eigenvalue weighted by Gasteiger charge is 1.99. The molecule has 0 atom stereocenters. The van der Waals surface area contributed by atoms with Crippen LogP contribution in [0, 0.1) is 11.3 Å². The molecule has 0 unspecified atom stereocenters. The summed E-state index contributed by atoms with van der Waals surface area (Å²) in [5.41, 5.74) is 8.07. The molecule has 1 aromatic rings. The number of nitriles is 1. The van der Waals surface area contributed by atoms with Crippen LogP contribution in [0.4, 0.5) is 5.82 Å². The van der Waals surface area contributed by atoms with Crippen molar-refractivity contribution in [3.05, 3.63) is 22.5 Å². The van der Waals surface area contributed by atoms with Crippen LogP contribution in [0.25, 0.3) is 10.4 Å². The summed E-state index contributed by atoms with van der Waals surface area (Å²) in [5.74, 6) is 0.157. The summed E-state index contributed by atoms with van der Waals surface area (Å²) < 4.78 is 0. The van der Waals surface area contributed by atoms with Gasteiger partial charge in [0.05, 0.1) is 6.33 Å². The molecule has 10 heavy (non-hydrogen) atoms. The van der Waals surface area contributed by atoms with Gasteiger partial charge in [0.1, 0.15) is 11.9 Å². The Balaban J connectivity index is 3.16. The Kier molecular flexibility index (Phi) is 1.55. The van der Waals surface area contributed by atoms with E-state index in [1.807, 2.05) is 0 Å². The normalized spacial score (nSPS) is 7.90. The van der Waals surface area contributed by atoms with Crippen LogP contribution < -0.4 is 0 Å².